The highest BCUT2D eigenvalue weighted by atomic mass is 16.5. The number of nitrogens with one attached hydrogen (secondary N) is 2. The van der Waals surface area contributed by atoms with Crippen LogP contribution in [-0.2, 0) is 16.1 Å². The van der Waals surface area contributed by atoms with Crippen LogP contribution in [-0.4, -0.2) is 24.1 Å². The van der Waals surface area contributed by atoms with E-state index in [0.29, 0.717) is 13.0 Å². The van der Waals surface area contributed by atoms with Crippen molar-refractivity contribution in [3.8, 4) is 11.3 Å². The smallest absolute Gasteiger partial charge is 0.249 e. The fourth-order valence-electron chi connectivity index (χ4n) is 3.45. The third kappa shape index (κ3) is 3.51. The van der Waals surface area contributed by atoms with Crippen LogP contribution in [0.3, 0.4) is 0 Å². The second-order valence-corrected chi connectivity index (χ2v) is 6.69. The molecule has 0 saturated heterocycles. The maximum atomic E-state index is 12.2. The van der Waals surface area contributed by atoms with Gasteiger partial charge in [-0.25, -0.2) is 0 Å². The molecule has 1 atom stereocenters. The molecule has 0 fully saturated rings. The molecule has 3 rings (SSSR count). The molecule has 1 heterocycles. The highest BCUT2D eigenvalue weighted by molar-refractivity contribution is 5.93. The number of amides is 1. The van der Waals surface area contributed by atoms with Gasteiger partial charge in [0.2, 0.25) is 5.91 Å². The fraction of sp³-hybridized carbons (Fsp3) is 0.318. The van der Waals surface area contributed by atoms with Crippen LogP contribution in [0.15, 0.2) is 42.5 Å². The van der Waals surface area contributed by atoms with Crippen molar-refractivity contribution < 1.29 is 9.53 Å². The molecule has 1 amide bonds. The summed E-state index contributed by atoms with van der Waals surface area (Å²) in [5.41, 5.74) is 6.87. The summed E-state index contributed by atoms with van der Waals surface area (Å²) in [7, 11) is 1.57. The molecule has 2 aromatic carbocycles. The van der Waals surface area contributed by atoms with Gasteiger partial charge in [0, 0.05) is 24.7 Å². The first-order chi connectivity index (χ1) is 12.5. The van der Waals surface area contributed by atoms with E-state index >= 15 is 0 Å². The van der Waals surface area contributed by atoms with Gasteiger partial charge >= 0.3 is 0 Å². The number of carbonyl (C=O) groups excluding carboxylic acids is 1. The average Bonchev–Trinajstić information content (AvgIpc) is 2.98. The third-order valence-electron chi connectivity index (χ3n) is 4.86. The first kappa shape index (κ1) is 18.2. The summed E-state index contributed by atoms with van der Waals surface area (Å²) < 4.78 is 5.22. The van der Waals surface area contributed by atoms with Crippen LogP contribution in [0.2, 0.25) is 0 Å². The molecule has 0 unspecified atom stereocenters. The molecule has 26 heavy (non-hydrogen) atoms. The lowest BCUT2D eigenvalue weighted by Crippen LogP contribution is -2.35. The first-order valence-electron chi connectivity index (χ1n) is 9.02. The van der Waals surface area contributed by atoms with Crippen molar-refractivity contribution >= 4 is 16.8 Å². The van der Waals surface area contributed by atoms with Crippen molar-refractivity contribution in [1.29, 1.82) is 0 Å². The minimum Gasteiger partial charge on any atom is -0.372 e. The zero-order valence-corrected chi connectivity index (χ0v) is 15.8. The number of hydrogen-bond acceptors (Lipinski definition) is 2. The van der Waals surface area contributed by atoms with E-state index in [9.17, 15) is 4.79 Å². The van der Waals surface area contributed by atoms with Crippen LogP contribution in [0.4, 0.5) is 0 Å². The van der Waals surface area contributed by atoms with Gasteiger partial charge in [-0.15, -0.1) is 0 Å². The Morgan fingerprint density at radius 2 is 1.92 bits per heavy atom. The zero-order valence-electron chi connectivity index (χ0n) is 15.8. The van der Waals surface area contributed by atoms with Crippen LogP contribution < -0.4 is 5.32 Å². The molecular formula is C22H26N2O2. The van der Waals surface area contributed by atoms with Gasteiger partial charge in [-0.2, -0.15) is 0 Å². The number of hydrogen-bond donors (Lipinski definition) is 2. The Morgan fingerprint density at radius 3 is 2.58 bits per heavy atom. The van der Waals surface area contributed by atoms with Gasteiger partial charge in [-0.3, -0.25) is 4.79 Å². The predicted octanol–water partition coefficient (Wildman–Crippen LogP) is 4.49. The lowest BCUT2D eigenvalue weighted by atomic mass is 10.0. The molecule has 0 aliphatic carbocycles. The lowest BCUT2D eigenvalue weighted by molar-refractivity contribution is -0.131. The Kier molecular flexibility index (Phi) is 5.43. The van der Waals surface area contributed by atoms with E-state index < -0.39 is 6.10 Å². The SMILES string of the molecule is CC[C@@H](OC)C(=O)NCc1cc(C)cc2c(C)c(-c3ccccc3)[nH]c12. The van der Waals surface area contributed by atoms with Gasteiger partial charge in [0.25, 0.3) is 0 Å². The van der Waals surface area contributed by atoms with Crippen molar-refractivity contribution in [2.45, 2.75) is 39.8 Å². The number of carbonyl (C=O) groups is 1. The van der Waals surface area contributed by atoms with Gasteiger partial charge < -0.3 is 15.0 Å². The van der Waals surface area contributed by atoms with Crippen LogP contribution in [0, 0.1) is 13.8 Å². The largest absolute Gasteiger partial charge is 0.372 e. The molecule has 0 bridgehead atoms. The summed E-state index contributed by atoms with van der Waals surface area (Å²) in [4.78, 5) is 15.8. The molecule has 0 aliphatic rings. The van der Waals surface area contributed by atoms with Crippen LogP contribution in [0.5, 0.6) is 0 Å². The van der Waals surface area contributed by atoms with Gasteiger partial charge in [0.05, 0.1) is 5.52 Å². The second kappa shape index (κ2) is 7.75. The lowest BCUT2D eigenvalue weighted by Gasteiger charge is -2.14. The molecule has 4 nitrogen and oxygen atoms in total. The molecular weight excluding hydrogens is 324 g/mol. The third-order valence-corrected chi connectivity index (χ3v) is 4.86. The summed E-state index contributed by atoms with van der Waals surface area (Å²) in [6.07, 6.45) is 0.256. The molecule has 0 radical (unpaired) electrons. The van der Waals surface area contributed by atoms with Crippen LogP contribution in [0.1, 0.15) is 30.0 Å². The number of aromatic amines is 1. The maximum Gasteiger partial charge on any atom is 0.249 e. The number of methoxy groups -OCH3 is 1. The minimum absolute atomic E-state index is 0.0729. The molecule has 0 saturated carbocycles. The van der Waals surface area contributed by atoms with Gasteiger partial charge in [0.15, 0.2) is 0 Å². The normalized spacial score (nSPS) is 12.3. The number of aromatic nitrogens is 1. The Morgan fingerprint density at radius 1 is 1.19 bits per heavy atom. The number of fused-ring (bicyclic) bond motifs is 1. The van der Waals surface area contributed by atoms with Crippen molar-refractivity contribution in [1.82, 2.24) is 10.3 Å². The Labute approximate surface area is 154 Å². The topological polar surface area (TPSA) is 54.1 Å². The molecule has 136 valence electrons. The summed E-state index contributed by atoms with van der Waals surface area (Å²) in [5, 5.41) is 4.21. The van der Waals surface area contributed by atoms with E-state index in [4.69, 9.17) is 4.74 Å². The highest BCUT2D eigenvalue weighted by Crippen LogP contribution is 2.32. The fourth-order valence-corrected chi connectivity index (χ4v) is 3.45. The Bertz CT molecular complexity index is 909. The average molecular weight is 350 g/mol. The molecule has 2 N–H and O–H groups in total. The summed E-state index contributed by atoms with van der Waals surface area (Å²) in [5.74, 6) is -0.0729. The molecule has 1 aromatic heterocycles. The monoisotopic (exact) mass is 350 g/mol. The quantitative estimate of drug-likeness (QED) is 0.688. The van der Waals surface area contributed by atoms with Gasteiger partial charge in [-0.1, -0.05) is 48.9 Å². The second-order valence-electron chi connectivity index (χ2n) is 6.69. The predicted molar refractivity (Wildman–Crippen MR) is 106 cm³/mol. The van der Waals surface area contributed by atoms with E-state index in [1.807, 2.05) is 25.1 Å². The van der Waals surface area contributed by atoms with Crippen LogP contribution >= 0.6 is 0 Å². The molecule has 4 heteroatoms. The van der Waals surface area contributed by atoms with Crippen molar-refractivity contribution in [3.05, 3.63) is 59.2 Å². The Hall–Kier alpha value is -2.59. The number of rotatable bonds is 6. The number of ether oxygens (including phenoxy) is 1. The van der Waals surface area contributed by atoms with Gasteiger partial charge in [-0.05, 0) is 43.0 Å². The van der Waals surface area contributed by atoms with Crippen molar-refractivity contribution in [2.24, 2.45) is 0 Å². The highest BCUT2D eigenvalue weighted by Gasteiger charge is 2.17. The van der Waals surface area contributed by atoms with E-state index in [2.05, 4.69) is 48.4 Å². The van der Waals surface area contributed by atoms with E-state index in [1.165, 1.54) is 22.1 Å². The first-order valence-corrected chi connectivity index (χ1v) is 9.02. The van der Waals surface area contributed by atoms with E-state index in [0.717, 1.165) is 16.8 Å². The number of benzene rings is 2. The zero-order chi connectivity index (χ0) is 18.7. The van der Waals surface area contributed by atoms with E-state index in [1.54, 1.807) is 7.11 Å². The van der Waals surface area contributed by atoms with Crippen LogP contribution in [0.25, 0.3) is 22.2 Å². The standard InChI is InChI=1S/C22H26N2O2/c1-5-19(26-4)22(25)23-13-17-11-14(2)12-18-15(3)20(24-21(17)18)16-9-7-6-8-10-16/h6-12,19,24H,5,13H2,1-4H3,(H,23,25)/t19-/m1/s1. The maximum absolute atomic E-state index is 12.2. The number of H-pyrrole nitrogens is 1. The molecule has 3 aromatic rings. The summed E-state index contributed by atoms with van der Waals surface area (Å²) in [6, 6.07) is 14.6. The van der Waals surface area contributed by atoms with Crippen molar-refractivity contribution in [2.75, 3.05) is 7.11 Å². The molecule has 0 aliphatic heterocycles. The van der Waals surface area contributed by atoms with Crippen molar-refractivity contribution in [3.63, 3.8) is 0 Å². The summed E-state index contributed by atoms with van der Waals surface area (Å²) in [6.45, 7) is 6.65. The minimum atomic E-state index is -0.402. The molecule has 0 spiro atoms. The number of aryl methyl sites for hydroxylation is 2. The van der Waals surface area contributed by atoms with E-state index in [-0.39, 0.29) is 5.91 Å². The Balaban J connectivity index is 1.97. The van der Waals surface area contributed by atoms with Gasteiger partial charge in [0.1, 0.15) is 6.10 Å². The summed E-state index contributed by atoms with van der Waals surface area (Å²) >= 11 is 0.